The summed E-state index contributed by atoms with van der Waals surface area (Å²) in [5, 5.41) is 4.62. The number of imidazole rings is 1. The molecule has 2 heterocycles. The fourth-order valence-electron chi connectivity index (χ4n) is 2.44. The van der Waals surface area contributed by atoms with Gasteiger partial charge in [0.15, 0.2) is 0 Å². The molecule has 0 aliphatic carbocycles. The van der Waals surface area contributed by atoms with Gasteiger partial charge in [-0.2, -0.15) is 0 Å². The number of nitrogens with one attached hydrogen (secondary N) is 2. The first-order chi connectivity index (χ1) is 9.78. The van der Waals surface area contributed by atoms with Gasteiger partial charge in [0, 0.05) is 23.5 Å². The molecule has 0 saturated carbocycles. The highest BCUT2D eigenvalue weighted by atomic mass is 15.0. The Morgan fingerprint density at radius 3 is 2.90 bits per heavy atom. The third-order valence-corrected chi connectivity index (χ3v) is 3.39. The summed E-state index contributed by atoms with van der Waals surface area (Å²) in [5.74, 6) is 0.936. The molecule has 102 valence electrons. The number of H-pyrrole nitrogens is 1. The van der Waals surface area contributed by atoms with Crippen molar-refractivity contribution in [1.29, 1.82) is 0 Å². The first kappa shape index (κ1) is 12.8. The van der Waals surface area contributed by atoms with E-state index in [-0.39, 0.29) is 6.04 Å². The Hall–Kier alpha value is -2.20. The highest BCUT2D eigenvalue weighted by molar-refractivity contribution is 5.79. The predicted molar refractivity (Wildman–Crippen MR) is 80.6 cm³/mol. The van der Waals surface area contributed by atoms with Gasteiger partial charge in [-0.05, 0) is 37.2 Å². The van der Waals surface area contributed by atoms with Crippen LogP contribution < -0.4 is 5.32 Å². The molecule has 3 aromatic rings. The molecule has 4 nitrogen and oxygen atoms in total. The van der Waals surface area contributed by atoms with Crippen molar-refractivity contribution in [3.8, 4) is 0 Å². The largest absolute Gasteiger partial charge is 0.347 e. The number of nitrogens with zero attached hydrogens (tertiary/aromatic N) is 2. The molecule has 2 N–H and O–H groups in total. The SMILES string of the molecule is CCNC(c1ccc2nc(C)ccc2c1)c1ncc[nH]1. The Bertz CT molecular complexity index is 704. The molecule has 2 aromatic heterocycles. The topological polar surface area (TPSA) is 53.6 Å². The number of hydrogen-bond acceptors (Lipinski definition) is 3. The lowest BCUT2D eigenvalue weighted by Gasteiger charge is -2.16. The first-order valence-electron chi connectivity index (χ1n) is 6.88. The molecule has 0 fully saturated rings. The van der Waals surface area contributed by atoms with Crippen LogP contribution in [0.3, 0.4) is 0 Å². The summed E-state index contributed by atoms with van der Waals surface area (Å²) in [5.41, 5.74) is 3.27. The summed E-state index contributed by atoms with van der Waals surface area (Å²) in [6.45, 7) is 5.00. The van der Waals surface area contributed by atoms with Crippen molar-refractivity contribution in [1.82, 2.24) is 20.3 Å². The quantitative estimate of drug-likeness (QED) is 0.763. The Labute approximate surface area is 118 Å². The van der Waals surface area contributed by atoms with Gasteiger partial charge < -0.3 is 10.3 Å². The maximum atomic E-state index is 4.54. The van der Waals surface area contributed by atoms with Gasteiger partial charge in [-0.25, -0.2) is 4.98 Å². The molecule has 0 radical (unpaired) electrons. The van der Waals surface area contributed by atoms with E-state index in [1.54, 1.807) is 6.20 Å². The van der Waals surface area contributed by atoms with Gasteiger partial charge in [-0.1, -0.05) is 19.1 Å². The lowest BCUT2D eigenvalue weighted by atomic mass is 10.0. The van der Waals surface area contributed by atoms with E-state index >= 15 is 0 Å². The summed E-state index contributed by atoms with van der Waals surface area (Å²) in [4.78, 5) is 12.1. The monoisotopic (exact) mass is 266 g/mol. The summed E-state index contributed by atoms with van der Waals surface area (Å²) in [6.07, 6.45) is 3.64. The fraction of sp³-hybridized carbons (Fsp3) is 0.250. The van der Waals surface area contributed by atoms with Crippen LogP contribution >= 0.6 is 0 Å². The third kappa shape index (κ3) is 2.42. The van der Waals surface area contributed by atoms with E-state index in [1.165, 1.54) is 5.56 Å². The van der Waals surface area contributed by atoms with Crippen molar-refractivity contribution in [2.24, 2.45) is 0 Å². The Balaban J connectivity index is 2.05. The second-order valence-electron chi connectivity index (χ2n) is 4.87. The maximum Gasteiger partial charge on any atom is 0.127 e. The van der Waals surface area contributed by atoms with E-state index in [1.807, 2.05) is 19.2 Å². The summed E-state index contributed by atoms with van der Waals surface area (Å²) < 4.78 is 0. The molecule has 1 atom stereocenters. The molecule has 0 aliphatic heterocycles. The van der Waals surface area contributed by atoms with Gasteiger partial charge in [0.05, 0.1) is 11.6 Å². The van der Waals surface area contributed by atoms with Gasteiger partial charge >= 0.3 is 0 Å². The zero-order valence-electron chi connectivity index (χ0n) is 11.7. The Morgan fingerprint density at radius 1 is 1.25 bits per heavy atom. The van der Waals surface area contributed by atoms with Gasteiger partial charge in [-0.15, -0.1) is 0 Å². The fourth-order valence-corrected chi connectivity index (χ4v) is 2.44. The van der Waals surface area contributed by atoms with E-state index in [4.69, 9.17) is 0 Å². The first-order valence-corrected chi connectivity index (χ1v) is 6.88. The molecular formula is C16H18N4. The number of hydrogen-bond donors (Lipinski definition) is 2. The van der Waals surface area contributed by atoms with Crippen LogP contribution in [0.15, 0.2) is 42.7 Å². The molecule has 0 bridgehead atoms. The van der Waals surface area contributed by atoms with Crippen molar-refractivity contribution in [2.75, 3.05) is 6.54 Å². The standard InChI is InChI=1S/C16H18N4/c1-3-17-15(16-18-8-9-19-16)13-6-7-14-12(10-13)5-4-11(2)20-14/h4-10,15,17H,3H2,1-2H3,(H,18,19). The average molecular weight is 266 g/mol. The number of benzene rings is 1. The second kappa shape index (κ2) is 5.43. The van der Waals surface area contributed by atoms with Crippen LogP contribution in [-0.4, -0.2) is 21.5 Å². The summed E-state index contributed by atoms with van der Waals surface area (Å²) >= 11 is 0. The van der Waals surface area contributed by atoms with E-state index in [0.29, 0.717) is 0 Å². The number of aromatic amines is 1. The van der Waals surface area contributed by atoms with Gasteiger partial charge in [0.1, 0.15) is 5.82 Å². The summed E-state index contributed by atoms with van der Waals surface area (Å²) in [7, 11) is 0. The van der Waals surface area contributed by atoms with Crippen LogP contribution in [0.4, 0.5) is 0 Å². The molecule has 20 heavy (non-hydrogen) atoms. The van der Waals surface area contributed by atoms with Crippen molar-refractivity contribution < 1.29 is 0 Å². The van der Waals surface area contributed by atoms with Crippen molar-refractivity contribution in [2.45, 2.75) is 19.9 Å². The van der Waals surface area contributed by atoms with Crippen molar-refractivity contribution in [3.05, 3.63) is 59.8 Å². The normalized spacial score (nSPS) is 12.7. The number of aryl methyl sites for hydroxylation is 1. The molecule has 1 aromatic carbocycles. The molecule has 4 heteroatoms. The zero-order valence-corrected chi connectivity index (χ0v) is 11.7. The lowest BCUT2D eigenvalue weighted by molar-refractivity contribution is 0.604. The van der Waals surface area contributed by atoms with Crippen molar-refractivity contribution in [3.63, 3.8) is 0 Å². The molecular weight excluding hydrogens is 248 g/mol. The number of pyridine rings is 1. The van der Waals surface area contributed by atoms with Gasteiger partial charge in [0.25, 0.3) is 0 Å². The highest BCUT2D eigenvalue weighted by Crippen LogP contribution is 2.23. The molecule has 0 saturated heterocycles. The minimum atomic E-state index is 0.0840. The van der Waals surface area contributed by atoms with Gasteiger partial charge in [-0.3, -0.25) is 4.98 Å². The van der Waals surface area contributed by atoms with E-state index in [0.717, 1.165) is 29.0 Å². The minimum Gasteiger partial charge on any atom is -0.347 e. The van der Waals surface area contributed by atoms with Crippen LogP contribution in [0.2, 0.25) is 0 Å². The van der Waals surface area contributed by atoms with E-state index in [9.17, 15) is 0 Å². The van der Waals surface area contributed by atoms with Crippen LogP contribution in [0.25, 0.3) is 10.9 Å². The Kier molecular flexibility index (Phi) is 3.48. The smallest absolute Gasteiger partial charge is 0.127 e. The van der Waals surface area contributed by atoms with E-state index in [2.05, 4.69) is 51.5 Å². The Morgan fingerprint density at radius 2 is 2.15 bits per heavy atom. The molecule has 0 spiro atoms. The lowest BCUT2D eigenvalue weighted by Crippen LogP contribution is -2.23. The summed E-state index contributed by atoms with van der Waals surface area (Å²) in [6, 6.07) is 10.6. The van der Waals surface area contributed by atoms with Crippen LogP contribution in [0.5, 0.6) is 0 Å². The van der Waals surface area contributed by atoms with Crippen LogP contribution in [-0.2, 0) is 0 Å². The zero-order chi connectivity index (χ0) is 13.9. The molecule has 0 amide bonds. The molecule has 3 rings (SSSR count). The predicted octanol–water partition coefficient (Wildman–Crippen LogP) is 2.97. The van der Waals surface area contributed by atoms with Crippen LogP contribution in [0.1, 0.15) is 30.0 Å². The number of aromatic nitrogens is 3. The minimum absolute atomic E-state index is 0.0840. The number of fused-ring (bicyclic) bond motifs is 1. The molecule has 1 unspecified atom stereocenters. The third-order valence-electron chi connectivity index (χ3n) is 3.39. The number of rotatable bonds is 4. The highest BCUT2D eigenvalue weighted by Gasteiger charge is 2.15. The van der Waals surface area contributed by atoms with Crippen molar-refractivity contribution >= 4 is 10.9 Å². The second-order valence-corrected chi connectivity index (χ2v) is 4.87. The maximum absolute atomic E-state index is 4.54. The van der Waals surface area contributed by atoms with Crippen LogP contribution in [0, 0.1) is 6.92 Å². The molecule has 0 aliphatic rings. The average Bonchev–Trinajstić information content (AvgIpc) is 2.98. The van der Waals surface area contributed by atoms with Gasteiger partial charge in [0.2, 0.25) is 0 Å². The van der Waals surface area contributed by atoms with E-state index < -0.39 is 0 Å².